The Morgan fingerprint density at radius 2 is 2.10 bits per heavy atom. The minimum atomic E-state index is -1.50. The average Bonchev–Trinajstić information content (AvgIpc) is 2.38. The molecule has 106 valence electrons. The predicted octanol–water partition coefficient (Wildman–Crippen LogP) is 2.30. The number of nitriles is 1. The van der Waals surface area contributed by atoms with E-state index < -0.39 is 33.7 Å². The molecule has 1 aromatic rings. The highest BCUT2D eigenvalue weighted by Gasteiger charge is 2.25. The van der Waals surface area contributed by atoms with Crippen LogP contribution in [0.25, 0.3) is 0 Å². The Balaban J connectivity index is 2.80. The standard InChI is InChI=1S/C12H11F2N3O3/c13-8-4-5-9(17(19)20)11(14)10(8)12(18)16-7-3-1-2-6-15/h4-5H,1-3,7H2,(H,16,18). The Kier molecular flexibility index (Phi) is 5.53. The number of hydrogen-bond donors (Lipinski definition) is 1. The second-order valence-electron chi connectivity index (χ2n) is 3.88. The number of carbonyl (C=O) groups is 1. The van der Waals surface area contributed by atoms with Gasteiger partial charge >= 0.3 is 5.69 Å². The van der Waals surface area contributed by atoms with Crippen molar-refractivity contribution in [3.63, 3.8) is 0 Å². The number of amides is 1. The number of nitro benzene ring substituents is 1. The summed E-state index contributed by atoms with van der Waals surface area (Å²) < 4.78 is 27.1. The summed E-state index contributed by atoms with van der Waals surface area (Å²) in [5.41, 5.74) is -1.93. The molecule has 0 aliphatic rings. The van der Waals surface area contributed by atoms with E-state index in [9.17, 15) is 23.7 Å². The monoisotopic (exact) mass is 283 g/mol. The number of nitrogens with one attached hydrogen (secondary N) is 1. The van der Waals surface area contributed by atoms with Crippen molar-refractivity contribution in [1.82, 2.24) is 5.32 Å². The van der Waals surface area contributed by atoms with Crippen LogP contribution in [-0.4, -0.2) is 17.4 Å². The molecular formula is C12H11F2N3O3. The maximum Gasteiger partial charge on any atom is 0.305 e. The highest BCUT2D eigenvalue weighted by molar-refractivity contribution is 5.95. The molecule has 0 atom stereocenters. The summed E-state index contributed by atoms with van der Waals surface area (Å²) in [5.74, 6) is -3.71. The highest BCUT2D eigenvalue weighted by atomic mass is 19.1. The second-order valence-corrected chi connectivity index (χ2v) is 3.88. The van der Waals surface area contributed by atoms with Crippen molar-refractivity contribution >= 4 is 11.6 Å². The van der Waals surface area contributed by atoms with Crippen LogP contribution in [0.5, 0.6) is 0 Å². The van der Waals surface area contributed by atoms with Crippen LogP contribution in [-0.2, 0) is 0 Å². The number of hydrogen-bond acceptors (Lipinski definition) is 4. The van der Waals surface area contributed by atoms with Crippen LogP contribution < -0.4 is 5.32 Å². The molecule has 6 nitrogen and oxygen atoms in total. The average molecular weight is 283 g/mol. The molecule has 0 radical (unpaired) electrons. The minimum absolute atomic E-state index is 0.127. The van der Waals surface area contributed by atoms with Crippen LogP contribution in [0, 0.1) is 33.1 Å². The summed E-state index contributed by atoms with van der Waals surface area (Å²) in [6, 6.07) is 3.25. The van der Waals surface area contributed by atoms with Gasteiger partial charge in [-0.25, -0.2) is 4.39 Å². The van der Waals surface area contributed by atoms with Gasteiger partial charge in [0.05, 0.1) is 11.0 Å². The number of carbonyl (C=O) groups excluding carboxylic acids is 1. The zero-order valence-corrected chi connectivity index (χ0v) is 10.4. The third-order valence-electron chi connectivity index (χ3n) is 2.50. The van der Waals surface area contributed by atoms with Crippen molar-refractivity contribution < 1.29 is 18.5 Å². The fourth-order valence-electron chi connectivity index (χ4n) is 1.51. The molecule has 1 rings (SSSR count). The van der Waals surface area contributed by atoms with E-state index >= 15 is 0 Å². The van der Waals surface area contributed by atoms with Crippen molar-refractivity contribution in [3.8, 4) is 6.07 Å². The molecule has 1 amide bonds. The Morgan fingerprint density at radius 1 is 1.40 bits per heavy atom. The van der Waals surface area contributed by atoms with Gasteiger partial charge in [-0.1, -0.05) is 0 Å². The topological polar surface area (TPSA) is 96.0 Å². The number of benzene rings is 1. The molecule has 1 N–H and O–H groups in total. The maximum atomic E-state index is 13.7. The second kappa shape index (κ2) is 7.13. The fraction of sp³-hybridized carbons (Fsp3) is 0.333. The Labute approximate surface area is 113 Å². The molecule has 0 aliphatic carbocycles. The lowest BCUT2D eigenvalue weighted by Gasteiger charge is -2.06. The number of halogens is 2. The predicted molar refractivity (Wildman–Crippen MR) is 64.8 cm³/mol. The van der Waals surface area contributed by atoms with E-state index in [0.29, 0.717) is 31.4 Å². The van der Waals surface area contributed by atoms with Crippen molar-refractivity contribution in [2.24, 2.45) is 0 Å². The molecule has 0 spiro atoms. The number of nitrogens with zero attached hydrogens (tertiary/aromatic N) is 2. The Morgan fingerprint density at radius 3 is 2.70 bits per heavy atom. The van der Waals surface area contributed by atoms with E-state index in [1.165, 1.54) is 0 Å². The van der Waals surface area contributed by atoms with E-state index in [1.54, 1.807) is 0 Å². The highest BCUT2D eigenvalue weighted by Crippen LogP contribution is 2.22. The molecule has 20 heavy (non-hydrogen) atoms. The van der Waals surface area contributed by atoms with Crippen molar-refractivity contribution in [2.45, 2.75) is 19.3 Å². The van der Waals surface area contributed by atoms with Gasteiger partial charge < -0.3 is 5.32 Å². The zero-order chi connectivity index (χ0) is 15.1. The quantitative estimate of drug-likeness (QED) is 0.492. The first kappa shape index (κ1) is 15.5. The summed E-state index contributed by atoms with van der Waals surface area (Å²) in [6.45, 7) is 0.127. The molecule has 0 fully saturated rings. The van der Waals surface area contributed by atoms with Crippen LogP contribution in [0.4, 0.5) is 14.5 Å². The summed E-state index contributed by atoms with van der Waals surface area (Å²) in [5, 5.41) is 21.1. The van der Waals surface area contributed by atoms with Crippen LogP contribution in [0.3, 0.4) is 0 Å². The van der Waals surface area contributed by atoms with Gasteiger partial charge in [0.2, 0.25) is 5.82 Å². The largest absolute Gasteiger partial charge is 0.352 e. The summed E-state index contributed by atoms with van der Waals surface area (Å²) in [7, 11) is 0. The zero-order valence-electron chi connectivity index (χ0n) is 10.4. The normalized spacial score (nSPS) is 9.85. The van der Waals surface area contributed by atoms with Crippen LogP contribution in [0.1, 0.15) is 29.6 Å². The van der Waals surface area contributed by atoms with E-state index in [4.69, 9.17) is 5.26 Å². The minimum Gasteiger partial charge on any atom is -0.352 e. The van der Waals surface area contributed by atoms with Crippen molar-refractivity contribution in [2.75, 3.05) is 6.54 Å². The van der Waals surface area contributed by atoms with Crippen LogP contribution in [0.15, 0.2) is 12.1 Å². The first-order chi connectivity index (χ1) is 9.49. The van der Waals surface area contributed by atoms with Gasteiger partial charge in [0.1, 0.15) is 11.4 Å². The summed E-state index contributed by atoms with van der Waals surface area (Å²) in [4.78, 5) is 21.1. The molecule has 8 heteroatoms. The summed E-state index contributed by atoms with van der Waals surface area (Å²) in [6.07, 6.45) is 1.32. The molecule has 0 heterocycles. The van der Waals surface area contributed by atoms with Gasteiger partial charge in [-0.3, -0.25) is 14.9 Å². The van der Waals surface area contributed by atoms with Crippen molar-refractivity contribution in [3.05, 3.63) is 39.4 Å². The van der Waals surface area contributed by atoms with E-state index in [1.807, 2.05) is 6.07 Å². The Bertz CT molecular complexity index is 570. The lowest BCUT2D eigenvalue weighted by Crippen LogP contribution is -2.26. The Hall–Kier alpha value is -2.56. The van der Waals surface area contributed by atoms with E-state index in [2.05, 4.69) is 5.32 Å². The van der Waals surface area contributed by atoms with Crippen LogP contribution in [0.2, 0.25) is 0 Å². The maximum absolute atomic E-state index is 13.7. The number of unbranched alkanes of at least 4 members (excludes halogenated alkanes) is 2. The van der Waals surface area contributed by atoms with Gasteiger partial charge in [0.15, 0.2) is 0 Å². The first-order valence-corrected chi connectivity index (χ1v) is 5.76. The SMILES string of the molecule is N#CCCCCNC(=O)c1c(F)ccc([N+](=O)[O-])c1F. The molecule has 0 saturated heterocycles. The third-order valence-corrected chi connectivity index (χ3v) is 2.50. The van der Waals surface area contributed by atoms with Gasteiger partial charge in [-0.2, -0.15) is 9.65 Å². The van der Waals surface area contributed by atoms with Crippen LogP contribution >= 0.6 is 0 Å². The smallest absolute Gasteiger partial charge is 0.305 e. The van der Waals surface area contributed by atoms with Gasteiger partial charge in [-0.05, 0) is 18.9 Å². The molecule has 0 saturated carbocycles. The fourth-order valence-corrected chi connectivity index (χ4v) is 1.51. The lowest BCUT2D eigenvalue weighted by atomic mass is 10.1. The first-order valence-electron chi connectivity index (χ1n) is 5.76. The molecule has 0 aliphatic heterocycles. The van der Waals surface area contributed by atoms with Gasteiger partial charge in [-0.15, -0.1) is 0 Å². The lowest BCUT2D eigenvalue weighted by molar-refractivity contribution is -0.387. The molecular weight excluding hydrogens is 272 g/mol. The molecule has 0 bridgehead atoms. The summed E-state index contributed by atoms with van der Waals surface area (Å²) >= 11 is 0. The van der Waals surface area contributed by atoms with Gasteiger partial charge in [0.25, 0.3) is 5.91 Å². The number of rotatable bonds is 6. The van der Waals surface area contributed by atoms with Gasteiger partial charge in [0, 0.05) is 19.0 Å². The van der Waals surface area contributed by atoms with E-state index in [-0.39, 0.29) is 6.54 Å². The van der Waals surface area contributed by atoms with E-state index in [0.717, 1.165) is 0 Å². The van der Waals surface area contributed by atoms with Crippen molar-refractivity contribution in [1.29, 1.82) is 5.26 Å². The number of nitro groups is 1. The molecule has 0 unspecified atom stereocenters. The molecule has 1 aromatic carbocycles. The molecule has 0 aromatic heterocycles. The third kappa shape index (κ3) is 3.71.